The van der Waals surface area contributed by atoms with Crippen LogP contribution in [0.15, 0.2) is 53.4 Å². The van der Waals surface area contributed by atoms with Gasteiger partial charge in [-0.15, -0.1) is 0 Å². The molecule has 0 unspecified atom stereocenters. The number of hydrogen-bond acceptors (Lipinski definition) is 5. The van der Waals surface area contributed by atoms with Crippen molar-refractivity contribution in [2.24, 2.45) is 0 Å². The van der Waals surface area contributed by atoms with Crippen LogP contribution in [0, 0.1) is 0 Å². The molecule has 0 aromatic heterocycles. The van der Waals surface area contributed by atoms with Gasteiger partial charge >= 0.3 is 0 Å². The molecule has 3 rings (SSSR count). The van der Waals surface area contributed by atoms with Crippen molar-refractivity contribution < 1.29 is 23.1 Å². The minimum absolute atomic E-state index is 0.0743. The molecule has 0 saturated heterocycles. The Morgan fingerprint density at radius 2 is 1.50 bits per heavy atom. The molecule has 1 heterocycles. The molecule has 0 spiro atoms. The van der Waals surface area contributed by atoms with E-state index in [9.17, 15) is 18.3 Å². The summed E-state index contributed by atoms with van der Waals surface area (Å²) in [7, 11) is -3.30. The zero-order valence-corrected chi connectivity index (χ0v) is 15.6. The molecule has 1 aliphatic rings. The minimum Gasteiger partial charge on any atom is -0.478 e. The van der Waals surface area contributed by atoms with Gasteiger partial charge in [-0.3, -0.25) is 4.79 Å². The number of carbonyl (C=O) groups excluding carboxylic acids is 1. The Morgan fingerprint density at radius 3 is 2.00 bits per heavy atom. The van der Waals surface area contributed by atoms with E-state index < -0.39 is 15.4 Å². The normalized spacial score (nSPS) is 16.7. The molecule has 0 radical (unpaired) electrons. The maximum absolute atomic E-state index is 12.9. The SMILES string of the molecule is CC1(C)OC(c2ccc(S(C)(=O)=O)cc2)=C(c2ccc(CO)cc2)C1=O. The number of ether oxygens (including phenoxy) is 1. The maximum Gasteiger partial charge on any atom is 0.210 e. The fourth-order valence-electron chi connectivity index (χ4n) is 2.85. The predicted octanol–water partition coefficient (Wildman–Crippen LogP) is 2.83. The third kappa shape index (κ3) is 3.30. The van der Waals surface area contributed by atoms with E-state index in [1.165, 1.54) is 12.1 Å². The molecular formula is C20H20O5S. The molecule has 5 nitrogen and oxygen atoms in total. The van der Waals surface area contributed by atoms with Crippen molar-refractivity contribution in [3.05, 3.63) is 65.2 Å². The molecule has 2 aromatic carbocycles. The second-order valence-electron chi connectivity index (χ2n) is 6.80. The van der Waals surface area contributed by atoms with Crippen LogP contribution in [0.3, 0.4) is 0 Å². The van der Waals surface area contributed by atoms with Crippen LogP contribution < -0.4 is 0 Å². The number of carbonyl (C=O) groups is 1. The van der Waals surface area contributed by atoms with Crippen molar-refractivity contribution >= 4 is 27.0 Å². The zero-order chi connectivity index (χ0) is 19.1. The molecule has 6 heteroatoms. The summed E-state index contributed by atoms with van der Waals surface area (Å²) in [6.07, 6.45) is 1.15. The summed E-state index contributed by atoms with van der Waals surface area (Å²) in [5.41, 5.74) is 1.53. The van der Waals surface area contributed by atoms with Crippen LogP contribution in [0.25, 0.3) is 11.3 Å². The number of benzene rings is 2. The highest BCUT2D eigenvalue weighted by Gasteiger charge is 2.42. The third-order valence-corrected chi connectivity index (χ3v) is 5.46. The molecule has 0 aliphatic carbocycles. The molecule has 0 atom stereocenters. The zero-order valence-electron chi connectivity index (χ0n) is 14.8. The number of ketones is 1. The van der Waals surface area contributed by atoms with Gasteiger partial charge in [0.2, 0.25) is 5.78 Å². The fraction of sp³-hybridized carbons (Fsp3) is 0.250. The van der Waals surface area contributed by atoms with Crippen molar-refractivity contribution in [2.45, 2.75) is 31.0 Å². The third-order valence-electron chi connectivity index (χ3n) is 4.33. The number of aliphatic hydroxyl groups excluding tert-OH is 1. The summed E-state index contributed by atoms with van der Waals surface area (Å²) in [5.74, 6) is 0.285. The lowest BCUT2D eigenvalue weighted by Gasteiger charge is -2.17. The first kappa shape index (κ1) is 18.4. The van der Waals surface area contributed by atoms with Gasteiger partial charge in [0.1, 0.15) is 5.76 Å². The molecule has 0 bridgehead atoms. The highest BCUT2D eigenvalue weighted by atomic mass is 32.2. The van der Waals surface area contributed by atoms with Crippen LogP contribution in [0.1, 0.15) is 30.5 Å². The highest BCUT2D eigenvalue weighted by molar-refractivity contribution is 7.90. The summed E-state index contributed by atoms with van der Waals surface area (Å²) in [6, 6.07) is 13.3. The van der Waals surface area contributed by atoms with Crippen molar-refractivity contribution in [1.82, 2.24) is 0 Å². The highest BCUT2D eigenvalue weighted by Crippen LogP contribution is 2.41. The average Bonchev–Trinajstić information content (AvgIpc) is 2.84. The summed E-state index contributed by atoms with van der Waals surface area (Å²) in [6.45, 7) is 3.33. The smallest absolute Gasteiger partial charge is 0.210 e. The number of aliphatic hydroxyl groups is 1. The Kier molecular flexibility index (Phi) is 4.50. The maximum atomic E-state index is 12.9. The Bertz CT molecular complexity index is 982. The molecule has 1 aliphatic heterocycles. The molecule has 0 fully saturated rings. The number of rotatable bonds is 4. The number of Topliss-reactive ketones (excluding diaryl/α,β-unsaturated/α-hetero) is 1. The summed E-state index contributed by atoms with van der Waals surface area (Å²) in [5, 5.41) is 9.20. The van der Waals surface area contributed by atoms with Crippen LogP contribution in [0.2, 0.25) is 0 Å². The van der Waals surface area contributed by atoms with Crippen LogP contribution in [0.4, 0.5) is 0 Å². The Morgan fingerprint density at radius 1 is 0.962 bits per heavy atom. The van der Waals surface area contributed by atoms with Crippen LogP contribution in [-0.2, 0) is 26.0 Å². The molecule has 0 saturated carbocycles. The molecule has 2 aromatic rings. The molecular weight excluding hydrogens is 352 g/mol. The predicted molar refractivity (Wildman–Crippen MR) is 98.9 cm³/mol. The van der Waals surface area contributed by atoms with E-state index in [1.54, 1.807) is 50.2 Å². The van der Waals surface area contributed by atoms with Crippen molar-refractivity contribution in [2.75, 3.05) is 6.26 Å². The Hall–Kier alpha value is -2.44. The van der Waals surface area contributed by atoms with Gasteiger partial charge in [0.05, 0.1) is 17.1 Å². The van der Waals surface area contributed by atoms with Crippen molar-refractivity contribution in [3.63, 3.8) is 0 Å². The van der Waals surface area contributed by atoms with Crippen LogP contribution in [-0.4, -0.2) is 31.2 Å². The minimum atomic E-state index is -3.30. The standard InChI is InChI=1S/C20H20O5S/c1-20(2)19(22)17(14-6-4-13(12-21)5-7-14)18(25-20)15-8-10-16(11-9-15)26(3,23)24/h4-11,21H,12H2,1-3H3. The first-order chi connectivity index (χ1) is 12.1. The topological polar surface area (TPSA) is 80.7 Å². The average molecular weight is 372 g/mol. The fourth-order valence-corrected chi connectivity index (χ4v) is 3.48. The van der Waals surface area contributed by atoms with Gasteiger partial charge < -0.3 is 9.84 Å². The van der Waals surface area contributed by atoms with E-state index in [4.69, 9.17) is 4.74 Å². The summed E-state index contributed by atoms with van der Waals surface area (Å²) in [4.78, 5) is 13.1. The van der Waals surface area contributed by atoms with E-state index in [0.29, 0.717) is 22.5 Å². The van der Waals surface area contributed by atoms with E-state index >= 15 is 0 Å². The van der Waals surface area contributed by atoms with Gasteiger partial charge in [0.25, 0.3) is 0 Å². The van der Waals surface area contributed by atoms with Gasteiger partial charge in [-0.1, -0.05) is 24.3 Å². The largest absolute Gasteiger partial charge is 0.478 e. The number of sulfone groups is 1. The second kappa shape index (κ2) is 6.37. The van der Waals surface area contributed by atoms with Gasteiger partial charge in [-0.05, 0) is 49.2 Å². The van der Waals surface area contributed by atoms with Crippen LogP contribution in [0.5, 0.6) is 0 Å². The van der Waals surface area contributed by atoms with E-state index in [2.05, 4.69) is 0 Å². The van der Waals surface area contributed by atoms with E-state index in [1.807, 2.05) is 0 Å². The van der Waals surface area contributed by atoms with Gasteiger partial charge in [0, 0.05) is 11.8 Å². The monoisotopic (exact) mass is 372 g/mol. The molecule has 26 heavy (non-hydrogen) atoms. The van der Waals surface area contributed by atoms with E-state index in [0.717, 1.165) is 11.8 Å². The lowest BCUT2D eigenvalue weighted by atomic mass is 9.92. The molecule has 1 N–H and O–H groups in total. The Labute approximate surface area is 152 Å². The van der Waals surface area contributed by atoms with Crippen LogP contribution >= 0.6 is 0 Å². The quantitative estimate of drug-likeness (QED) is 0.893. The summed E-state index contributed by atoms with van der Waals surface area (Å²) < 4.78 is 29.2. The van der Waals surface area contributed by atoms with Crippen molar-refractivity contribution in [1.29, 1.82) is 0 Å². The lowest BCUT2D eigenvalue weighted by molar-refractivity contribution is -0.125. The summed E-state index contributed by atoms with van der Waals surface area (Å²) >= 11 is 0. The molecule has 0 amide bonds. The van der Waals surface area contributed by atoms with Gasteiger partial charge in [-0.2, -0.15) is 0 Å². The molecule has 136 valence electrons. The van der Waals surface area contributed by atoms with Crippen molar-refractivity contribution in [3.8, 4) is 0 Å². The van der Waals surface area contributed by atoms with Gasteiger partial charge in [-0.25, -0.2) is 8.42 Å². The first-order valence-electron chi connectivity index (χ1n) is 8.12. The number of hydrogen-bond donors (Lipinski definition) is 1. The second-order valence-corrected chi connectivity index (χ2v) is 8.81. The van der Waals surface area contributed by atoms with E-state index in [-0.39, 0.29) is 17.3 Å². The Balaban J connectivity index is 2.13. The first-order valence-corrected chi connectivity index (χ1v) is 10.0. The lowest BCUT2D eigenvalue weighted by Crippen LogP contribution is -2.29. The van der Waals surface area contributed by atoms with Gasteiger partial charge in [0.15, 0.2) is 15.4 Å².